The lowest BCUT2D eigenvalue weighted by Gasteiger charge is -2.09. The molecule has 2 rings (SSSR count). The minimum atomic E-state index is -1.23. The molecular formula is C16H15BrN2O2. The van der Waals surface area contributed by atoms with E-state index in [2.05, 4.69) is 26.5 Å². The molecule has 0 heterocycles. The number of benzene rings is 2. The summed E-state index contributed by atoms with van der Waals surface area (Å²) in [5.74, 6) is -0.558. The van der Waals surface area contributed by atoms with Gasteiger partial charge >= 0.3 is 0 Å². The highest BCUT2D eigenvalue weighted by Crippen LogP contribution is 2.13. The van der Waals surface area contributed by atoms with Crippen LogP contribution in [0.25, 0.3) is 0 Å². The number of amides is 1. The van der Waals surface area contributed by atoms with Gasteiger partial charge < -0.3 is 5.11 Å². The third kappa shape index (κ3) is 4.24. The number of nitrogens with one attached hydrogen (secondary N) is 1. The molecule has 5 heteroatoms. The predicted octanol–water partition coefficient (Wildman–Crippen LogP) is 3.02. The van der Waals surface area contributed by atoms with E-state index in [9.17, 15) is 9.90 Å². The van der Waals surface area contributed by atoms with Crippen molar-refractivity contribution in [3.8, 4) is 0 Å². The molecule has 0 fully saturated rings. The summed E-state index contributed by atoms with van der Waals surface area (Å²) >= 11 is 3.36. The average Bonchev–Trinajstić information content (AvgIpc) is 2.53. The van der Waals surface area contributed by atoms with Crippen LogP contribution in [0.3, 0.4) is 0 Å². The van der Waals surface area contributed by atoms with E-state index in [1.54, 1.807) is 31.2 Å². The van der Waals surface area contributed by atoms with Crippen molar-refractivity contribution in [1.29, 1.82) is 0 Å². The fraction of sp³-hybridized carbons (Fsp3) is 0.125. The van der Waals surface area contributed by atoms with Crippen LogP contribution in [0.2, 0.25) is 0 Å². The van der Waals surface area contributed by atoms with Crippen LogP contribution < -0.4 is 5.43 Å². The zero-order valence-corrected chi connectivity index (χ0v) is 13.0. The highest BCUT2D eigenvalue weighted by atomic mass is 79.9. The maximum atomic E-state index is 11.9. The lowest BCUT2D eigenvalue weighted by molar-refractivity contribution is -0.129. The second-order valence-corrected chi connectivity index (χ2v) is 5.41. The summed E-state index contributed by atoms with van der Waals surface area (Å²) in [5.41, 5.74) is 4.47. The van der Waals surface area contributed by atoms with E-state index in [4.69, 9.17) is 0 Å². The predicted molar refractivity (Wildman–Crippen MR) is 85.9 cm³/mol. The van der Waals surface area contributed by atoms with E-state index in [-0.39, 0.29) is 0 Å². The Balaban J connectivity index is 2.03. The molecule has 2 N–H and O–H groups in total. The molecule has 108 valence electrons. The van der Waals surface area contributed by atoms with Crippen LogP contribution in [0.4, 0.5) is 0 Å². The van der Waals surface area contributed by atoms with E-state index < -0.39 is 12.0 Å². The Bertz CT molecular complexity index is 639. The molecular weight excluding hydrogens is 332 g/mol. The van der Waals surface area contributed by atoms with Crippen molar-refractivity contribution in [2.24, 2.45) is 5.10 Å². The summed E-state index contributed by atoms with van der Waals surface area (Å²) in [6.45, 7) is 1.79. The number of nitrogens with zero attached hydrogens (tertiary/aromatic N) is 1. The summed E-state index contributed by atoms with van der Waals surface area (Å²) < 4.78 is 0.975. The fourth-order valence-electron chi connectivity index (χ4n) is 1.74. The molecule has 0 saturated heterocycles. The van der Waals surface area contributed by atoms with Gasteiger partial charge in [0.15, 0.2) is 6.10 Å². The summed E-state index contributed by atoms with van der Waals surface area (Å²) in [7, 11) is 0. The Morgan fingerprint density at radius 3 is 2.38 bits per heavy atom. The highest BCUT2D eigenvalue weighted by molar-refractivity contribution is 9.10. The minimum Gasteiger partial charge on any atom is -0.378 e. The van der Waals surface area contributed by atoms with Gasteiger partial charge in [0.25, 0.3) is 5.91 Å². The van der Waals surface area contributed by atoms with Crippen molar-refractivity contribution in [3.63, 3.8) is 0 Å². The van der Waals surface area contributed by atoms with Crippen molar-refractivity contribution in [1.82, 2.24) is 5.43 Å². The Labute approximate surface area is 131 Å². The second kappa shape index (κ2) is 7.15. The van der Waals surface area contributed by atoms with E-state index in [0.717, 1.165) is 10.0 Å². The smallest absolute Gasteiger partial charge is 0.273 e. The molecule has 1 amide bonds. The number of carbonyl (C=O) groups excluding carboxylic acids is 1. The van der Waals surface area contributed by atoms with Crippen molar-refractivity contribution in [2.75, 3.05) is 0 Å². The number of hydrogen-bond acceptors (Lipinski definition) is 3. The molecule has 4 nitrogen and oxygen atoms in total. The quantitative estimate of drug-likeness (QED) is 0.660. The van der Waals surface area contributed by atoms with Gasteiger partial charge in [0.2, 0.25) is 0 Å². The summed E-state index contributed by atoms with van der Waals surface area (Å²) in [6, 6.07) is 16.3. The number of carbonyl (C=O) groups is 1. The van der Waals surface area contributed by atoms with Crippen LogP contribution in [-0.4, -0.2) is 16.7 Å². The lowest BCUT2D eigenvalue weighted by Crippen LogP contribution is -2.26. The van der Waals surface area contributed by atoms with Crippen molar-refractivity contribution in [3.05, 3.63) is 70.2 Å². The Morgan fingerprint density at radius 1 is 1.14 bits per heavy atom. The van der Waals surface area contributed by atoms with Crippen molar-refractivity contribution < 1.29 is 9.90 Å². The van der Waals surface area contributed by atoms with Crippen molar-refractivity contribution >= 4 is 27.5 Å². The molecule has 0 radical (unpaired) electrons. The van der Waals surface area contributed by atoms with Gasteiger partial charge in [-0.25, -0.2) is 5.43 Å². The maximum absolute atomic E-state index is 11.9. The Kier molecular flexibility index (Phi) is 5.25. The van der Waals surface area contributed by atoms with Crippen LogP contribution in [0.15, 0.2) is 64.2 Å². The van der Waals surface area contributed by atoms with Crippen LogP contribution in [0.1, 0.15) is 24.2 Å². The SMILES string of the molecule is CC(=NNC(=O)C(O)c1ccccc1)c1ccc(Br)cc1. The number of halogens is 1. The Morgan fingerprint density at radius 2 is 1.76 bits per heavy atom. The molecule has 0 bridgehead atoms. The van der Waals surface area contributed by atoms with Gasteiger partial charge in [-0.3, -0.25) is 4.79 Å². The first-order valence-corrected chi connectivity index (χ1v) is 7.20. The molecule has 0 aliphatic rings. The normalized spacial score (nSPS) is 12.8. The van der Waals surface area contributed by atoms with Crippen LogP contribution >= 0.6 is 15.9 Å². The molecule has 2 aromatic rings. The molecule has 0 spiro atoms. The molecule has 21 heavy (non-hydrogen) atoms. The topological polar surface area (TPSA) is 61.7 Å². The van der Waals surface area contributed by atoms with Gasteiger partial charge in [-0.2, -0.15) is 5.10 Å². The fourth-order valence-corrected chi connectivity index (χ4v) is 2.01. The molecule has 0 aliphatic carbocycles. The lowest BCUT2D eigenvalue weighted by atomic mass is 10.1. The molecule has 0 aromatic heterocycles. The van der Waals surface area contributed by atoms with Gasteiger partial charge in [-0.15, -0.1) is 0 Å². The highest BCUT2D eigenvalue weighted by Gasteiger charge is 2.16. The number of hydrazone groups is 1. The molecule has 1 unspecified atom stereocenters. The average molecular weight is 347 g/mol. The largest absolute Gasteiger partial charge is 0.378 e. The number of rotatable bonds is 4. The molecule has 2 aromatic carbocycles. The number of aliphatic hydroxyl groups excluding tert-OH is 1. The monoisotopic (exact) mass is 346 g/mol. The van der Waals surface area contributed by atoms with Crippen molar-refractivity contribution in [2.45, 2.75) is 13.0 Å². The third-order valence-electron chi connectivity index (χ3n) is 2.96. The van der Waals surface area contributed by atoms with Gasteiger partial charge in [0.05, 0.1) is 5.71 Å². The van der Waals surface area contributed by atoms with E-state index >= 15 is 0 Å². The maximum Gasteiger partial charge on any atom is 0.273 e. The van der Waals surface area contributed by atoms with Gasteiger partial charge in [-0.1, -0.05) is 58.4 Å². The first-order chi connectivity index (χ1) is 10.1. The van der Waals surface area contributed by atoms with E-state index in [0.29, 0.717) is 11.3 Å². The molecule has 1 atom stereocenters. The molecule has 0 saturated carbocycles. The van der Waals surface area contributed by atoms with Crippen LogP contribution in [-0.2, 0) is 4.79 Å². The second-order valence-electron chi connectivity index (χ2n) is 4.49. The number of hydrogen-bond donors (Lipinski definition) is 2. The van der Waals surface area contributed by atoms with Crippen LogP contribution in [0, 0.1) is 0 Å². The van der Waals surface area contributed by atoms with E-state index in [1.165, 1.54) is 0 Å². The number of aliphatic hydroxyl groups is 1. The van der Waals surface area contributed by atoms with Gasteiger partial charge in [-0.05, 0) is 30.2 Å². The van der Waals surface area contributed by atoms with Gasteiger partial charge in [0, 0.05) is 4.47 Å². The first kappa shape index (κ1) is 15.4. The third-order valence-corrected chi connectivity index (χ3v) is 3.49. The summed E-state index contributed by atoms with van der Waals surface area (Å²) in [6.07, 6.45) is -1.23. The summed E-state index contributed by atoms with van der Waals surface area (Å²) in [5, 5.41) is 13.9. The van der Waals surface area contributed by atoms with E-state index in [1.807, 2.05) is 30.3 Å². The summed E-state index contributed by atoms with van der Waals surface area (Å²) in [4.78, 5) is 11.9. The minimum absolute atomic E-state index is 0.534. The van der Waals surface area contributed by atoms with Gasteiger partial charge in [0.1, 0.15) is 0 Å². The van der Waals surface area contributed by atoms with Crippen LogP contribution in [0.5, 0.6) is 0 Å². The zero-order chi connectivity index (χ0) is 15.2. The molecule has 0 aliphatic heterocycles. The Hall–Kier alpha value is -1.98. The standard InChI is InChI=1S/C16H15BrN2O2/c1-11(12-7-9-14(17)10-8-12)18-19-16(21)15(20)13-5-3-2-4-6-13/h2-10,15,20H,1H3,(H,19,21). The first-order valence-electron chi connectivity index (χ1n) is 6.41. The zero-order valence-electron chi connectivity index (χ0n) is 11.5.